The van der Waals surface area contributed by atoms with Crippen LogP contribution in [0.4, 0.5) is 0 Å². The lowest BCUT2D eigenvalue weighted by molar-refractivity contribution is 0.415. The van der Waals surface area contributed by atoms with Crippen molar-refractivity contribution >= 4 is 22.6 Å². The number of nitriles is 2. The SMILES string of the molecule is CCc1[nH]c2nc(Oc3cncc(C#N)c3)nc(Oc3cncc(C#N)c3)c2c1Cl. The molecule has 146 valence electrons. The maximum Gasteiger partial charge on any atom is 0.327 e. The minimum atomic E-state index is -0.0284. The van der Waals surface area contributed by atoms with Crippen LogP contribution >= 0.6 is 11.6 Å². The molecule has 4 aromatic heterocycles. The van der Waals surface area contributed by atoms with Gasteiger partial charge in [-0.3, -0.25) is 9.97 Å². The predicted octanol–water partition coefficient (Wildman–Crippen LogP) is 4.29. The molecular weight excluding hydrogens is 406 g/mol. The zero-order valence-electron chi connectivity index (χ0n) is 15.5. The fraction of sp³-hybridized carbons (Fsp3) is 0.100. The number of ether oxygens (including phenoxy) is 2. The van der Waals surface area contributed by atoms with Crippen LogP contribution < -0.4 is 9.47 Å². The van der Waals surface area contributed by atoms with Gasteiger partial charge in [0.2, 0.25) is 5.88 Å². The summed E-state index contributed by atoms with van der Waals surface area (Å²) in [6, 6.07) is 7.01. The molecule has 0 unspecified atom stereocenters. The first-order valence-corrected chi connectivity index (χ1v) is 9.13. The van der Waals surface area contributed by atoms with E-state index in [2.05, 4.69) is 24.9 Å². The van der Waals surface area contributed by atoms with Crippen molar-refractivity contribution in [3.05, 3.63) is 58.8 Å². The molecule has 9 nitrogen and oxygen atoms in total. The summed E-state index contributed by atoms with van der Waals surface area (Å²) in [6.45, 7) is 1.95. The zero-order valence-corrected chi connectivity index (χ0v) is 16.3. The standard InChI is InChI=1S/C20H12ClN7O2/c1-2-15-17(21)16-18(26-15)27-20(30-14-4-12(6-23)8-25-10-14)28-19(16)29-13-3-11(5-22)7-24-9-13/h3-4,7-10H,2H2,1H3,(H,26,27,28). The summed E-state index contributed by atoms with van der Waals surface area (Å²) in [6.07, 6.45) is 6.37. The van der Waals surface area contributed by atoms with E-state index in [1.165, 1.54) is 36.9 Å². The molecule has 0 fully saturated rings. The number of fused-ring (bicyclic) bond motifs is 1. The fourth-order valence-electron chi connectivity index (χ4n) is 2.71. The van der Waals surface area contributed by atoms with Crippen molar-refractivity contribution in [3.8, 4) is 35.5 Å². The van der Waals surface area contributed by atoms with Crippen LogP contribution in [0, 0.1) is 22.7 Å². The first kappa shape index (κ1) is 19.1. The predicted molar refractivity (Wildman–Crippen MR) is 106 cm³/mol. The Morgan fingerprint density at radius 3 is 2.20 bits per heavy atom. The molecule has 10 heteroatoms. The second-order valence-corrected chi connectivity index (χ2v) is 6.43. The Bertz CT molecular complexity index is 1340. The quantitative estimate of drug-likeness (QED) is 0.508. The van der Waals surface area contributed by atoms with Crippen LogP contribution in [-0.4, -0.2) is 24.9 Å². The molecule has 0 saturated carbocycles. The number of aromatic amines is 1. The average molecular weight is 418 g/mol. The second-order valence-electron chi connectivity index (χ2n) is 6.05. The molecule has 0 bridgehead atoms. The van der Waals surface area contributed by atoms with Gasteiger partial charge >= 0.3 is 6.01 Å². The summed E-state index contributed by atoms with van der Waals surface area (Å²) >= 11 is 6.49. The van der Waals surface area contributed by atoms with Crippen LogP contribution in [0.2, 0.25) is 5.02 Å². The van der Waals surface area contributed by atoms with E-state index in [0.717, 1.165) is 5.69 Å². The highest BCUT2D eigenvalue weighted by Gasteiger charge is 2.19. The normalized spacial score (nSPS) is 10.4. The van der Waals surface area contributed by atoms with Crippen LogP contribution in [-0.2, 0) is 6.42 Å². The summed E-state index contributed by atoms with van der Waals surface area (Å²) in [7, 11) is 0. The monoisotopic (exact) mass is 417 g/mol. The van der Waals surface area contributed by atoms with Gasteiger partial charge in [-0.2, -0.15) is 20.5 Å². The Morgan fingerprint density at radius 2 is 1.60 bits per heavy atom. The molecule has 0 aliphatic carbocycles. The van der Waals surface area contributed by atoms with Gasteiger partial charge in [-0.1, -0.05) is 18.5 Å². The van der Waals surface area contributed by atoms with Gasteiger partial charge < -0.3 is 14.5 Å². The third-order valence-corrected chi connectivity index (χ3v) is 4.49. The van der Waals surface area contributed by atoms with Crippen molar-refractivity contribution in [2.75, 3.05) is 0 Å². The van der Waals surface area contributed by atoms with Gasteiger partial charge in [0.1, 0.15) is 28.9 Å². The molecule has 0 aliphatic heterocycles. The zero-order chi connectivity index (χ0) is 21.1. The van der Waals surface area contributed by atoms with Gasteiger partial charge in [0, 0.05) is 30.2 Å². The Hall–Kier alpha value is -4.21. The summed E-state index contributed by atoms with van der Waals surface area (Å²) in [5, 5.41) is 19.0. The average Bonchev–Trinajstić information content (AvgIpc) is 3.09. The van der Waals surface area contributed by atoms with Gasteiger partial charge in [-0.15, -0.1) is 0 Å². The lowest BCUT2D eigenvalue weighted by Crippen LogP contribution is -1.97. The molecule has 0 aromatic carbocycles. The molecule has 30 heavy (non-hydrogen) atoms. The van der Waals surface area contributed by atoms with E-state index in [1.807, 2.05) is 19.1 Å². The number of halogens is 1. The third-order valence-electron chi connectivity index (χ3n) is 4.07. The van der Waals surface area contributed by atoms with Crippen molar-refractivity contribution in [2.45, 2.75) is 13.3 Å². The number of hydrogen-bond donors (Lipinski definition) is 1. The maximum atomic E-state index is 9.08. The third kappa shape index (κ3) is 3.70. The smallest absolute Gasteiger partial charge is 0.327 e. The first-order chi connectivity index (χ1) is 14.6. The van der Waals surface area contributed by atoms with Gasteiger partial charge in [-0.25, -0.2) is 0 Å². The lowest BCUT2D eigenvalue weighted by atomic mass is 10.3. The molecule has 0 radical (unpaired) electrons. The number of aromatic nitrogens is 5. The molecule has 4 rings (SSSR count). The number of aryl methyl sites for hydroxylation is 1. The Balaban J connectivity index is 1.80. The topological polar surface area (TPSA) is 133 Å². The number of pyridine rings is 2. The van der Waals surface area contributed by atoms with E-state index in [0.29, 0.717) is 45.1 Å². The van der Waals surface area contributed by atoms with Crippen molar-refractivity contribution < 1.29 is 9.47 Å². The highest BCUT2D eigenvalue weighted by atomic mass is 35.5. The van der Waals surface area contributed by atoms with E-state index < -0.39 is 0 Å². The highest BCUT2D eigenvalue weighted by Crippen LogP contribution is 2.37. The molecular formula is C20H12ClN7O2. The maximum absolute atomic E-state index is 9.08. The van der Waals surface area contributed by atoms with Gasteiger partial charge in [0.25, 0.3) is 0 Å². The highest BCUT2D eigenvalue weighted by molar-refractivity contribution is 6.36. The van der Waals surface area contributed by atoms with Crippen molar-refractivity contribution in [2.24, 2.45) is 0 Å². The molecule has 0 amide bonds. The van der Waals surface area contributed by atoms with E-state index in [4.69, 9.17) is 31.6 Å². The van der Waals surface area contributed by atoms with Crippen LogP contribution in [0.15, 0.2) is 36.9 Å². The molecule has 4 heterocycles. The van der Waals surface area contributed by atoms with Crippen LogP contribution in [0.3, 0.4) is 0 Å². The molecule has 1 N–H and O–H groups in total. The Labute approximate surface area is 175 Å². The summed E-state index contributed by atoms with van der Waals surface area (Å²) in [5.41, 5.74) is 1.86. The number of nitrogens with zero attached hydrogens (tertiary/aromatic N) is 6. The van der Waals surface area contributed by atoms with Gasteiger partial charge in [0.15, 0.2) is 5.75 Å². The molecule has 0 spiro atoms. The molecule has 0 saturated heterocycles. The van der Waals surface area contributed by atoms with Crippen LogP contribution in [0.25, 0.3) is 11.0 Å². The Kier molecular flexibility index (Phi) is 5.12. The van der Waals surface area contributed by atoms with Gasteiger partial charge in [-0.05, 0) is 6.42 Å². The van der Waals surface area contributed by atoms with E-state index >= 15 is 0 Å². The number of H-pyrrole nitrogens is 1. The van der Waals surface area contributed by atoms with Crippen molar-refractivity contribution in [1.82, 2.24) is 24.9 Å². The second kappa shape index (κ2) is 8.03. The van der Waals surface area contributed by atoms with E-state index in [9.17, 15) is 0 Å². The number of hydrogen-bond acceptors (Lipinski definition) is 8. The van der Waals surface area contributed by atoms with Crippen LogP contribution in [0.5, 0.6) is 23.4 Å². The summed E-state index contributed by atoms with van der Waals surface area (Å²) in [5.74, 6) is 0.738. The van der Waals surface area contributed by atoms with Gasteiger partial charge in [0.05, 0.1) is 28.5 Å². The fourth-order valence-corrected chi connectivity index (χ4v) is 3.06. The van der Waals surface area contributed by atoms with Crippen LogP contribution in [0.1, 0.15) is 23.7 Å². The van der Waals surface area contributed by atoms with E-state index in [-0.39, 0.29) is 11.9 Å². The number of rotatable bonds is 5. The lowest BCUT2D eigenvalue weighted by Gasteiger charge is -2.09. The number of nitrogens with one attached hydrogen (secondary N) is 1. The molecule has 4 aromatic rings. The summed E-state index contributed by atoms with van der Waals surface area (Å²) < 4.78 is 11.6. The van der Waals surface area contributed by atoms with E-state index in [1.54, 1.807) is 0 Å². The largest absolute Gasteiger partial charge is 0.436 e. The summed E-state index contributed by atoms with van der Waals surface area (Å²) in [4.78, 5) is 19.8. The molecule has 0 aliphatic rings. The Morgan fingerprint density at radius 1 is 0.967 bits per heavy atom. The molecule has 0 atom stereocenters. The minimum Gasteiger partial charge on any atom is -0.436 e. The first-order valence-electron chi connectivity index (χ1n) is 8.75. The minimum absolute atomic E-state index is 0.0284. The van der Waals surface area contributed by atoms with Crippen molar-refractivity contribution in [1.29, 1.82) is 10.5 Å². The van der Waals surface area contributed by atoms with Crippen molar-refractivity contribution in [3.63, 3.8) is 0 Å².